The molecule has 4 rings (SSSR count). The maximum Gasteiger partial charge on any atom is 0.225 e. The first-order chi connectivity index (χ1) is 14.9. The summed E-state index contributed by atoms with van der Waals surface area (Å²) >= 11 is 7.13. The van der Waals surface area contributed by atoms with Gasteiger partial charge in [0.25, 0.3) is 0 Å². The van der Waals surface area contributed by atoms with Crippen LogP contribution >= 0.6 is 23.6 Å². The lowest BCUT2D eigenvalue weighted by Crippen LogP contribution is -2.60. The Hall–Kier alpha value is -2.40. The van der Waals surface area contributed by atoms with Gasteiger partial charge in [-0.2, -0.15) is 0 Å². The minimum Gasteiger partial charge on any atom is -0.497 e. The number of fused-ring (bicyclic) bond motifs is 1. The van der Waals surface area contributed by atoms with Crippen molar-refractivity contribution in [2.24, 2.45) is 5.92 Å². The van der Waals surface area contributed by atoms with Gasteiger partial charge in [-0.25, -0.2) is 0 Å². The molecule has 0 spiro atoms. The van der Waals surface area contributed by atoms with Crippen LogP contribution in [0.15, 0.2) is 35.7 Å². The number of amides is 1. The lowest BCUT2D eigenvalue weighted by Gasteiger charge is -2.41. The average Bonchev–Trinajstić information content (AvgIpc) is 3.41. The lowest BCUT2D eigenvalue weighted by atomic mass is 9.77. The Labute approximate surface area is 189 Å². The summed E-state index contributed by atoms with van der Waals surface area (Å²) in [4.78, 5) is 16.0. The molecule has 4 N–H and O–H groups in total. The summed E-state index contributed by atoms with van der Waals surface area (Å²) in [6.45, 7) is 0.411. The van der Waals surface area contributed by atoms with E-state index in [1.165, 1.54) is 0 Å². The highest BCUT2D eigenvalue weighted by Gasteiger charge is 2.54. The molecule has 1 aromatic heterocycles. The van der Waals surface area contributed by atoms with Crippen molar-refractivity contribution in [2.75, 3.05) is 19.1 Å². The summed E-state index contributed by atoms with van der Waals surface area (Å²) in [6.07, 6.45) is -1.96. The molecule has 0 radical (unpaired) electrons. The summed E-state index contributed by atoms with van der Waals surface area (Å²) in [7, 11) is 3.12. The Morgan fingerprint density at radius 3 is 2.61 bits per heavy atom. The molecule has 0 bridgehead atoms. The van der Waals surface area contributed by atoms with E-state index in [0.717, 1.165) is 4.88 Å². The number of thiophene rings is 1. The number of hydrogen-bond acceptors (Lipinski definition) is 7. The predicted octanol–water partition coefficient (Wildman–Crippen LogP) is 1.26. The Bertz CT molecular complexity index is 932. The van der Waals surface area contributed by atoms with Crippen molar-refractivity contribution in [3.05, 3.63) is 40.6 Å². The second kappa shape index (κ2) is 8.99. The summed E-state index contributed by atoms with van der Waals surface area (Å²) in [6, 6.07) is 8.16. The van der Waals surface area contributed by atoms with E-state index in [0.29, 0.717) is 28.8 Å². The van der Waals surface area contributed by atoms with Gasteiger partial charge in [0, 0.05) is 23.1 Å². The maximum atomic E-state index is 13.2. The molecule has 1 aliphatic carbocycles. The SMILES string of the molecule is COc1cc(OC)cc(N2C(=S)N[C@H]3[C@@H](O)[C@H](O)C[C@@H](C(=O)NCc4cccs4)[C@H]32)c1. The summed E-state index contributed by atoms with van der Waals surface area (Å²) in [5.41, 5.74) is 0.681. The van der Waals surface area contributed by atoms with Gasteiger partial charge in [0.15, 0.2) is 5.11 Å². The number of rotatable bonds is 6. The van der Waals surface area contributed by atoms with Crippen molar-refractivity contribution >= 4 is 40.3 Å². The number of methoxy groups -OCH3 is 2. The van der Waals surface area contributed by atoms with E-state index in [1.54, 1.807) is 43.8 Å². The number of hydrogen-bond donors (Lipinski definition) is 4. The number of anilines is 1. The van der Waals surface area contributed by atoms with Crippen LogP contribution in [0.25, 0.3) is 0 Å². The van der Waals surface area contributed by atoms with Gasteiger partial charge in [-0.3, -0.25) is 4.79 Å². The molecular formula is C21H25N3O5S2. The number of aliphatic hydroxyl groups is 2. The van der Waals surface area contributed by atoms with E-state index < -0.39 is 30.2 Å². The van der Waals surface area contributed by atoms with Crippen LogP contribution in [-0.4, -0.2) is 59.7 Å². The molecule has 2 fully saturated rings. The van der Waals surface area contributed by atoms with E-state index in [-0.39, 0.29) is 12.3 Å². The van der Waals surface area contributed by atoms with Crippen molar-refractivity contribution in [3.63, 3.8) is 0 Å². The van der Waals surface area contributed by atoms with Gasteiger partial charge >= 0.3 is 0 Å². The summed E-state index contributed by atoms with van der Waals surface area (Å²) in [5, 5.41) is 29.5. The molecule has 1 aromatic carbocycles. The largest absolute Gasteiger partial charge is 0.497 e. The zero-order chi connectivity index (χ0) is 22.1. The Morgan fingerprint density at radius 2 is 2.00 bits per heavy atom. The number of thiocarbonyl (C=S) groups is 1. The molecule has 1 amide bonds. The van der Waals surface area contributed by atoms with Crippen LogP contribution in [0.3, 0.4) is 0 Å². The molecule has 0 unspecified atom stereocenters. The van der Waals surface area contributed by atoms with Crippen LogP contribution in [0.2, 0.25) is 0 Å². The lowest BCUT2D eigenvalue weighted by molar-refractivity contribution is -0.131. The molecule has 10 heteroatoms. The van der Waals surface area contributed by atoms with E-state index in [9.17, 15) is 15.0 Å². The predicted molar refractivity (Wildman–Crippen MR) is 122 cm³/mol. The Morgan fingerprint density at radius 1 is 1.29 bits per heavy atom. The molecule has 31 heavy (non-hydrogen) atoms. The van der Waals surface area contributed by atoms with E-state index in [2.05, 4.69) is 10.6 Å². The van der Waals surface area contributed by atoms with Gasteiger partial charge < -0.3 is 35.2 Å². The van der Waals surface area contributed by atoms with E-state index in [1.807, 2.05) is 22.4 Å². The molecule has 1 saturated carbocycles. The average molecular weight is 464 g/mol. The number of aliphatic hydroxyl groups excluding tert-OH is 2. The van der Waals surface area contributed by atoms with Gasteiger partial charge in [-0.1, -0.05) is 6.07 Å². The minimum absolute atomic E-state index is 0.125. The highest BCUT2D eigenvalue weighted by Crippen LogP contribution is 2.39. The van der Waals surface area contributed by atoms with Crippen LogP contribution in [0.4, 0.5) is 5.69 Å². The minimum atomic E-state index is -1.05. The monoisotopic (exact) mass is 463 g/mol. The maximum absolute atomic E-state index is 13.2. The first-order valence-electron chi connectivity index (χ1n) is 9.92. The standard InChI is InChI=1S/C21H25N3O5S2/c1-28-12-6-11(7-13(8-12)29-2)24-18-15(20(27)22-10-14-4-3-5-31-14)9-16(25)19(26)17(18)23-21(24)30/h3-8,15-19,25-26H,9-10H2,1-2H3,(H,22,27)(H,23,30)/t15-,16-,17-,18-,19+/m1/s1. The van der Waals surface area contributed by atoms with Crippen LogP contribution in [-0.2, 0) is 11.3 Å². The van der Waals surface area contributed by atoms with Crippen molar-refractivity contribution in [1.82, 2.24) is 10.6 Å². The highest BCUT2D eigenvalue weighted by atomic mass is 32.1. The fraction of sp³-hybridized carbons (Fsp3) is 0.429. The van der Waals surface area contributed by atoms with Crippen LogP contribution < -0.4 is 25.0 Å². The molecule has 2 heterocycles. The van der Waals surface area contributed by atoms with Gasteiger partial charge in [-0.05, 0) is 30.1 Å². The van der Waals surface area contributed by atoms with Crippen LogP contribution in [0.1, 0.15) is 11.3 Å². The molecule has 8 nitrogen and oxygen atoms in total. The summed E-state index contributed by atoms with van der Waals surface area (Å²) < 4.78 is 10.8. The van der Waals surface area contributed by atoms with Gasteiger partial charge in [0.2, 0.25) is 5.91 Å². The summed E-state index contributed by atoms with van der Waals surface area (Å²) in [5.74, 6) is 0.376. The van der Waals surface area contributed by atoms with Gasteiger partial charge in [0.1, 0.15) is 17.6 Å². The van der Waals surface area contributed by atoms with E-state index in [4.69, 9.17) is 21.7 Å². The number of ether oxygens (including phenoxy) is 2. The third kappa shape index (κ3) is 4.20. The third-order valence-corrected chi connectivity index (χ3v) is 7.00. The number of benzene rings is 1. The van der Waals surface area contributed by atoms with Gasteiger partial charge in [-0.15, -0.1) is 11.3 Å². The number of carbonyl (C=O) groups excluding carboxylic acids is 1. The molecule has 166 valence electrons. The molecule has 2 aromatic rings. The van der Waals surface area contributed by atoms with Gasteiger partial charge in [0.05, 0.1) is 50.6 Å². The van der Waals surface area contributed by atoms with Crippen molar-refractivity contribution in [3.8, 4) is 11.5 Å². The van der Waals surface area contributed by atoms with Crippen molar-refractivity contribution in [1.29, 1.82) is 0 Å². The quantitative estimate of drug-likeness (QED) is 0.475. The Kier molecular flexibility index (Phi) is 6.33. The van der Waals surface area contributed by atoms with Crippen LogP contribution in [0.5, 0.6) is 11.5 Å². The molecule has 1 aliphatic heterocycles. The van der Waals surface area contributed by atoms with E-state index >= 15 is 0 Å². The fourth-order valence-electron chi connectivity index (χ4n) is 4.29. The topological polar surface area (TPSA) is 103 Å². The molecular weight excluding hydrogens is 438 g/mol. The molecule has 2 aliphatic rings. The number of nitrogens with zero attached hydrogens (tertiary/aromatic N) is 1. The number of nitrogens with one attached hydrogen (secondary N) is 2. The first kappa shape index (κ1) is 21.8. The molecule has 1 saturated heterocycles. The first-order valence-corrected chi connectivity index (χ1v) is 11.2. The second-order valence-electron chi connectivity index (χ2n) is 7.60. The smallest absolute Gasteiger partial charge is 0.225 e. The normalized spacial score (nSPS) is 27.4. The highest BCUT2D eigenvalue weighted by molar-refractivity contribution is 7.80. The van der Waals surface area contributed by atoms with Crippen LogP contribution in [0, 0.1) is 5.92 Å². The Balaban J connectivity index is 1.66. The second-order valence-corrected chi connectivity index (χ2v) is 9.02. The van der Waals surface area contributed by atoms with Crippen molar-refractivity contribution < 1.29 is 24.5 Å². The fourth-order valence-corrected chi connectivity index (χ4v) is 5.30. The third-order valence-electron chi connectivity index (χ3n) is 5.81. The zero-order valence-electron chi connectivity index (χ0n) is 17.1. The number of carbonyl (C=O) groups is 1. The van der Waals surface area contributed by atoms with Crippen molar-refractivity contribution in [2.45, 2.75) is 37.3 Å². The zero-order valence-corrected chi connectivity index (χ0v) is 18.8. The molecule has 5 atom stereocenters.